The normalized spacial score (nSPS) is 15.2. The van der Waals surface area contributed by atoms with Crippen LogP contribution < -0.4 is 10.1 Å². The average molecular weight is 245 g/mol. The Morgan fingerprint density at radius 1 is 1.44 bits per heavy atom. The number of nitrogens with one attached hydrogen (secondary N) is 1. The van der Waals surface area contributed by atoms with E-state index in [1.165, 1.54) is 18.4 Å². The Labute approximate surface area is 107 Å². The lowest BCUT2D eigenvalue weighted by molar-refractivity contribution is 0.415. The largest absolute Gasteiger partial charge is 0.497 e. The molecular weight excluding hydrogens is 226 g/mol. The SMILES string of the molecule is CCn1c(CNC2CC2)nc2cc(OC)ccc21. The smallest absolute Gasteiger partial charge is 0.123 e. The number of aryl methyl sites for hydroxylation is 1. The minimum absolute atomic E-state index is 0.713. The van der Waals surface area contributed by atoms with Crippen LogP contribution in [0.5, 0.6) is 5.75 Å². The second-order valence-corrected chi connectivity index (χ2v) is 4.78. The molecule has 0 aliphatic heterocycles. The van der Waals surface area contributed by atoms with Gasteiger partial charge in [-0.25, -0.2) is 4.98 Å². The Bertz CT molecular complexity index is 557. The lowest BCUT2D eigenvalue weighted by atomic mass is 10.3. The van der Waals surface area contributed by atoms with E-state index in [2.05, 4.69) is 22.9 Å². The number of hydrogen-bond acceptors (Lipinski definition) is 3. The fourth-order valence-corrected chi connectivity index (χ4v) is 2.30. The highest BCUT2D eigenvalue weighted by Gasteiger charge is 2.21. The quantitative estimate of drug-likeness (QED) is 0.878. The van der Waals surface area contributed by atoms with Gasteiger partial charge in [0.1, 0.15) is 11.6 Å². The van der Waals surface area contributed by atoms with E-state index in [0.717, 1.165) is 30.2 Å². The van der Waals surface area contributed by atoms with Gasteiger partial charge in [-0.1, -0.05) is 0 Å². The van der Waals surface area contributed by atoms with Crippen molar-refractivity contribution in [2.75, 3.05) is 7.11 Å². The summed E-state index contributed by atoms with van der Waals surface area (Å²) in [5.74, 6) is 1.98. The third kappa shape index (κ3) is 2.08. The lowest BCUT2D eigenvalue weighted by Gasteiger charge is -2.06. The van der Waals surface area contributed by atoms with Gasteiger partial charge in [-0.15, -0.1) is 0 Å². The molecule has 0 bridgehead atoms. The molecule has 1 fully saturated rings. The number of nitrogens with zero attached hydrogens (tertiary/aromatic N) is 2. The molecule has 0 atom stereocenters. The fourth-order valence-electron chi connectivity index (χ4n) is 2.30. The van der Waals surface area contributed by atoms with E-state index in [1.54, 1.807) is 7.11 Å². The molecule has 1 saturated carbocycles. The molecule has 4 nitrogen and oxygen atoms in total. The van der Waals surface area contributed by atoms with Crippen molar-refractivity contribution >= 4 is 11.0 Å². The summed E-state index contributed by atoms with van der Waals surface area (Å²) in [4.78, 5) is 4.71. The molecule has 1 heterocycles. The van der Waals surface area contributed by atoms with E-state index < -0.39 is 0 Å². The molecular formula is C14H19N3O. The van der Waals surface area contributed by atoms with Crippen molar-refractivity contribution in [3.8, 4) is 5.75 Å². The molecule has 0 unspecified atom stereocenters. The number of aromatic nitrogens is 2. The molecule has 1 aromatic carbocycles. The Kier molecular flexibility index (Phi) is 2.96. The van der Waals surface area contributed by atoms with Crippen molar-refractivity contribution in [2.45, 2.75) is 38.9 Å². The van der Waals surface area contributed by atoms with Crippen LogP contribution in [0.4, 0.5) is 0 Å². The third-order valence-corrected chi connectivity index (χ3v) is 3.48. The number of methoxy groups -OCH3 is 1. The van der Waals surface area contributed by atoms with Crippen molar-refractivity contribution in [2.24, 2.45) is 0 Å². The summed E-state index contributed by atoms with van der Waals surface area (Å²) in [6, 6.07) is 6.80. The Morgan fingerprint density at radius 3 is 2.94 bits per heavy atom. The average Bonchev–Trinajstić information content (AvgIpc) is 3.16. The van der Waals surface area contributed by atoms with Crippen molar-refractivity contribution in [1.29, 1.82) is 0 Å². The summed E-state index contributed by atoms with van der Waals surface area (Å²) < 4.78 is 7.52. The summed E-state index contributed by atoms with van der Waals surface area (Å²) in [5, 5.41) is 3.52. The van der Waals surface area contributed by atoms with Gasteiger partial charge in [0.05, 0.1) is 24.7 Å². The van der Waals surface area contributed by atoms with Gasteiger partial charge < -0.3 is 14.6 Å². The van der Waals surface area contributed by atoms with E-state index in [-0.39, 0.29) is 0 Å². The fraction of sp³-hybridized carbons (Fsp3) is 0.500. The number of hydrogen-bond donors (Lipinski definition) is 1. The first-order valence-corrected chi connectivity index (χ1v) is 6.58. The minimum atomic E-state index is 0.713. The van der Waals surface area contributed by atoms with Crippen LogP contribution in [0.15, 0.2) is 18.2 Å². The summed E-state index contributed by atoms with van der Waals surface area (Å²) in [6.07, 6.45) is 2.61. The Hall–Kier alpha value is -1.55. The number of fused-ring (bicyclic) bond motifs is 1. The van der Waals surface area contributed by atoms with Gasteiger partial charge in [-0.2, -0.15) is 0 Å². The predicted octanol–water partition coefficient (Wildman–Crippen LogP) is 2.32. The highest BCUT2D eigenvalue weighted by molar-refractivity contribution is 5.77. The van der Waals surface area contributed by atoms with Crippen molar-refractivity contribution < 1.29 is 4.74 Å². The lowest BCUT2D eigenvalue weighted by Crippen LogP contribution is -2.18. The topological polar surface area (TPSA) is 39.1 Å². The van der Waals surface area contributed by atoms with Gasteiger partial charge in [-0.05, 0) is 31.9 Å². The van der Waals surface area contributed by atoms with Crippen LogP contribution in [-0.2, 0) is 13.1 Å². The van der Waals surface area contributed by atoms with E-state index >= 15 is 0 Å². The Balaban J connectivity index is 1.95. The highest BCUT2D eigenvalue weighted by Crippen LogP contribution is 2.23. The molecule has 0 amide bonds. The van der Waals surface area contributed by atoms with Gasteiger partial charge >= 0.3 is 0 Å². The van der Waals surface area contributed by atoms with Crippen LogP contribution in [0.1, 0.15) is 25.6 Å². The number of imidazole rings is 1. The Morgan fingerprint density at radius 2 is 2.28 bits per heavy atom. The van der Waals surface area contributed by atoms with E-state index in [0.29, 0.717) is 6.04 Å². The van der Waals surface area contributed by atoms with E-state index in [1.807, 2.05) is 12.1 Å². The zero-order valence-electron chi connectivity index (χ0n) is 10.9. The summed E-state index contributed by atoms with van der Waals surface area (Å²) in [5.41, 5.74) is 2.20. The molecule has 2 aromatic rings. The molecule has 0 radical (unpaired) electrons. The summed E-state index contributed by atoms with van der Waals surface area (Å²) >= 11 is 0. The number of rotatable bonds is 5. The summed E-state index contributed by atoms with van der Waals surface area (Å²) in [6.45, 7) is 3.96. The van der Waals surface area contributed by atoms with E-state index in [4.69, 9.17) is 9.72 Å². The van der Waals surface area contributed by atoms with Crippen molar-refractivity contribution in [3.63, 3.8) is 0 Å². The predicted molar refractivity (Wildman–Crippen MR) is 71.8 cm³/mol. The van der Waals surface area contributed by atoms with Gasteiger partial charge in [0, 0.05) is 18.7 Å². The maximum atomic E-state index is 5.25. The van der Waals surface area contributed by atoms with Crippen LogP contribution in [0.3, 0.4) is 0 Å². The highest BCUT2D eigenvalue weighted by atomic mass is 16.5. The second kappa shape index (κ2) is 4.61. The third-order valence-electron chi connectivity index (χ3n) is 3.48. The maximum absolute atomic E-state index is 5.25. The zero-order valence-corrected chi connectivity index (χ0v) is 10.9. The van der Waals surface area contributed by atoms with Crippen LogP contribution >= 0.6 is 0 Å². The monoisotopic (exact) mass is 245 g/mol. The number of benzene rings is 1. The molecule has 1 aliphatic rings. The van der Waals surface area contributed by atoms with Gasteiger partial charge in [0.25, 0.3) is 0 Å². The van der Waals surface area contributed by atoms with Crippen LogP contribution in [0, 0.1) is 0 Å². The first-order valence-electron chi connectivity index (χ1n) is 6.58. The van der Waals surface area contributed by atoms with Gasteiger partial charge in [0.2, 0.25) is 0 Å². The minimum Gasteiger partial charge on any atom is -0.497 e. The molecule has 0 saturated heterocycles. The molecule has 96 valence electrons. The molecule has 1 aromatic heterocycles. The molecule has 0 spiro atoms. The van der Waals surface area contributed by atoms with Crippen molar-refractivity contribution in [1.82, 2.24) is 14.9 Å². The first-order chi connectivity index (χ1) is 8.81. The van der Waals surface area contributed by atoms with Gasteiger partial charge in [-0.3, -0.25) is 0 Å². The zero-order chi connectivity index (χ0) is 12.5. The van der Waals surface area contributed by atoms with Crippen LogP contribution in [0.2, 0.25) is 0 Å². The molecule has 1 aliphatic carbocycles. The van der Waals surface area contributed by atoms with E-state index in [9.17, 15) is 0 Å². The van der Waals surface area contributed by atoms with Crippen LogP contribution in [-0.4, -0.2) is 22.7 Å². The second-order valence-electron chi connectivity index (χ2n) is 4.78. The maximum Gasteiger partial charge on any atom is 0.123 e. The first kappa shape index (κ1) is 11.5. The standard InChI is InChI=1S/C14H19N3O/c1-3-17-13-7-6-11(18-2)8-12(13)16-14(17)9-15-10-4-5-10/h6-8,10,15H,3-5,9H2,1-2H3. The van der Waals surface area contributed by atoms with Gasteiger partial charge in [0.15, 0.2) is 0 Å². The van der Waals surface area contributed by atoms with Crippen LogP contribution in [0.25, 0.3) is 11.0 Å². The molecule has 18 heavy (non-hydrogen) atoms. The number of ether oxygens (including phenoxy) is 1. The summed E-state index contributed by atoms with van der Waals surface area (Å²) in [7, 11) is 1.69. The molecule has 3 rings (SSSR count). The molecule has 1 N–H and O–H groups in total. The molecule has 4 heteroatoms. The van der Waals surface area contributed by atoms with Crippen molar-refractivity contribution in [3.05, 3.63) is 24.0 Å².